The summed E-state index contributed by atoms with van der Waals surface area (Å²) in [6, 6.07) is 5.41. The highest BCUT2D eigenvalue weighted by atomic mass is 35.5. The topological polar surface area (TPSA) is 0 Å². The van der Waals surface area contributed by atoms with Gasteiger partial charge in [-0.1, -0.05) is 36.2 Å². The van der Waals surface area contributed by atoms with Crippen LogP contribution in [0.3, 0.4) is 0 Å². The summed E-state index contributed by atoms with van der Waals surface area (Å²) in [5.41, 5.74) is 0.946. The molecule has 0 nitrogen and oxygen atoms in total. The Kier molecular flexibility index (Phi) is 3.22. The van der Waals surface area contributed by atoms with Crippen LogP contribution in [0.25, 0.3) is 0 Å². The Labute approximate surface area is 77.1 Å². The number of hydrogen-bond donors (Lipinski definition) is 0. The van der Waals surface area contributed by atoms with Crippen molar-refractivity contribution in [3.05, 3.63) is 46.6 Å². The third-order valence-corrected chi connectivity index (χ3v) is 1.97. The van der Waals surface area contributed by atoms with E-state index in [0.717, 1.165) is 5.56 Å². The van der Waals surface area contributed by atoms with Gasteiger partial charge in [0.2, 0.25) is 0 Å². The summed E-state index contributed by atoms with van der Waals surface area (Å²) in [7, 11) is 0. The number of hydrogen-bond acceptors (Lipinski definition) is 0. The average Bonchev–Trinajstić information content (AvgIpc) is 1.98. The predicted octanol–water partition coefficient (Wildman–Crippen LogP) is 3.65. The molecule has 0 atom stereocenters. The van der Waals surface area contributed by atoms with E-state index in [9.17, 15) is 0 Å². The normalized spacial score (nSPS) is 10.1. The fourth-order valence-corrected chi connectivity index (χ4v) is 1.05. The van der Waals surface area contributed by atoms with Crippen LogP contribution in [-0.2, 0) is 0 Å². The molecule has 2 heteroatoms. The molecule has 0 saturated heterocycles. The third-order valence-electron chi connectivity index (χ3n) is 1.23. The zero-order valence-electron chi connectivity index (χ0n) is 6.07. The molecule has 0 fully saturated rings. The molecule has 1 rings (SSSR count). The number of benzene rings is 1. The van der Waals surface area contributed by atoms with Gasteiger partial charge in [0.25, 0.3) is 0 Å². The molecule has 11 heavy (non-hydrogen) atoms. The maximum Gasteiger partial charge on any atom is 0.0595 e. The monoisotopic (exact) mass is 185 g/mol. The Bertz CT molecular complexity index is 243. The predicted molar refractivity (Wildman–Crippen MR) is 48.8 cm³/mol. The molecule has 1 aromatic rings. The number of halogens is 2. The molecule has 0 saturated carbocycles. The Morgan fingerprint density at radius 3 is 2.55 bits per heavy atom. The minimum Gasteiger partial charge on any atom is -0.0827 e. The molecule has 0 unspecified atom stereocenters. The van der Waals surface area contributed by atoms with Crippen molar-refractivity contribution < 1.29 is 0 Å². The first kappa shape index (κ1) is 8.89. The van der Waals surface area contributed by atoms with Crippen molar-refractivity contribution in [3.63, 3.8) is 0 Å². The van der Waals surface area contributed by atoms with Gasteiger partial charge in [-0.3, -0.25) is 0 Å². The molecular weight excluding hydrogens is 179 g/mol. The summed E-state index contributed by atoms with van der Waals surface area (Å²) >= 11 is 11.5. The van der Waals surface area contributed by atoms with Gasteiger partial charge in [0.05, 0.1) is 10.0 Å². The molecule has 0 heterocycles. The van der Waals surface area contributed by atoms with Crippen LogP contribution in [0.4, 0.5) is 0 Å². The lowest BCUT2D eigenvalue weighted by molar-refractivity contribution is 1.38. The molecule has 1 aromatic carbocycles. The van der Waals surface area contributed by atoms with E-state index in [1.165, 1.54) is 0 Å². The minimum atomic E-state index is 0.568. The lowest BCUT2D eigenvalue weighted by Crippen LogP contribution is -1.79. The van der Waals surface area contributed by atoms with Gasteiger partial charge in [0.15, 0.2) is 0 Å². The molecule has 0 aromatic heterocycles. The summed E-state index contributed by atoms with van der Waals surface area (Å²) in [4.78, 5) is 0. The molecule has 0 aliphatic rings. The number of rotatable bonds is 2. The van der Waals surface area contributed by atoms with E-state index in [2.05, 4.69) is 6.42 Å². The van der Waals surface area contributed by atoms with Gasteiger partial charge >= 0.3 is 0 Å². The Balaban J connectivity index is 2.86. The van der Waals surface area contributed by atoms with Crippen LogP contribution in [-0.4, -0.2) is 0 Å². The fourth-order valence-electron chi connectivity index (χ4n) is 0.753. The van der Waals surface area contributed by atoms with Gasteiger partial charge in [0.1, 0.15) is 0 Å². The first-order valence-corrected chi connectivity index (χ1v) is 3.99. The van der Waals surface area contributed by atoms with Crippen molar-refractivity contribution in [1.82, 2.24) is 0 Å². The van der Waals surface area contributed by atoms with Gasteiger partial charge in [-0.15, -0.1) is 0 Å². The van der Waals surface area contributed by atoms with Crippen molar-refractivity contribution >= 4 is 23.2 Å². The first-order valence-electron chi connectivity index (χ1n) is 3.23. The van der Waals surface area contributed by atoms with E-state index in [-0.39, 0.29) is 0 Å². The maximum atomic E-state index is 5.76. The van der Waals surface area contributed by atoms with E-state index in [1.54, 1.807) is 12.1 Å². The van der Waals surface area contributed by atoms with Crippen molar-refractivity contribution in [2.75, 3.05) is 0 Å². The summed E-state index contributed by atoms with van der Waals surface area (Å²) in [5.74, 6) is 0. The van der Waals surface area contributed by atoms with Crippen LogP contribution >= 0.6 is 23.2 Å². The Morgan fingerprint density at radius 1 is 1.27 bits per heavy atom. The van der Waals surface area contributed by atoms with Gasteiger partial charge in [0, 0.05) is 6.42 Å². The van der Waals surface area contributed by atoms with Crippen molar-refractivity contribution in [2.24, 2.45) is 0 Å². The highest BCUT2D eigenvalue weighted by molar-refractivity contribution is 6.42. The largest absolute Gasteiger partial charge is 0.0827 e. The molecule has 0 bridgehead atoms. The van der Waals surface area contributed by atoms with Crippen molar-refractivity contribution in [3.8, 4) is 0 Å². The minimum absolute atomic E-state index is 0.568. The SMILES string of the molecule is C[CH][C]c1ccc(Cl)c(Cl)c1. The molecule has 0 aliphatic carbocycles. The zero-order chi connectivity index (χ0) is 8.27. The summed E-state index contributed by atoms with van der Waals surface area (Å²) < 4.78 is 0. The Morgan fingerprint density at radius 2 is 2.00 bits per heavy atom. The van der Waals surface area contributed by atoms with Crippen LogP contribution < -0.4 is 0 Å². The molecule has 3 radical (unpaired) electrons. The van der Waals surface area contributed by atoms with E-state index >= 15 is 0 Å². The molecule has 0 spiro atoms. The Hall–Kier alpha value is -0.200. The fraction of sp³-hybridized carbons (Fsp3) is 0.111. The lowest BCUT2D eigenvalue weighted by Gasteiger charge is -1.98. The van der Waals surface area contributed by atoms with Crippen LogP contribution in [0.5, 0.6) is 0 Å². The second-order valence-corrected chi connectivity index (χ2v) is 2.88. The van der Waals surface area contributed by atoms with Gasteiger partial charge in [-0.2, -0.15) is 0 Å². The molecule has 0 aliphatic heterocycles. The smallest absolute Gasteiger partial charge is 0.0595 e. The standard InChI is InChI=1S/C9H7Cl2/c1-2-3-7-4-5-8(10)9(11)6-7/h2,4-6H,1H3. The summed E-state index contributed by atoms with van der Waals surface area (Å²) in [5, 5.41) is 1.15. The summed E-state index contributed by atoms with van der Waals surface area (Å²) in [6.45, 7) is 1.91. The zero-order valence-corrected chi connectivity index (χ0v) is 7.58. The molecule has 0 N–H and O–H groups in total. The van der Waals surface area contributed by atoms with Crippen molar-refractivity contribution in [2.45, 2.75) is 6.92 Å². The van der Waals surface area contributed by atoms with Crippen LogP contribution in [0, 0.1) is 12.8 Å². The molecule has 0 amide bonds. The molecule has 57 valence electrons. The van der Waals surface area contributed by atoms with Crippen LogP contribution in [0.2, 0.25) is 10.0 Å². The second kappa shape index (κ2) is 3.99. The average molecular weight is 186 g/mol. The third kappa shape index (κ3) is 2.39. The van der Waals surface area contributed by atoms with E-state index in [0.29, 0.717) is 10.0 Å². The van der Waals surface area contributed by atoms with Gasteiger partial charge in [-0.05, 0) is 24.1 Å². The summed E-state index contributed by atoms with van der Waals surface area (Å²) in [6.07, 6.45) is 4.84. The van der Waals surface area contributed by atoms with E-state index in [1.807, 2.05) is 19.4 Å². The van der Waals surface area contributed by atoms with Crippen LogP contribution in [0.15, 0.2) is 18.2 Å². The van der Waals surface area contributed by atoms with E-state index in [4.69, 9.17) is 23.2 Å². The highest BCUT2D eigenvalue weighted by Crippen LogP contribution is 2.23. The van der Waals surface area contributed by atoms with Gasteiger partial charge in [-0.25, -0.2) is 0 Å². The first-order chi connectivity index (χ1) is 5.24. The van der Waals surface area contributed by atoms with Crippen molar-refractivity contribution in [1.29, 1.82) is 0 Å². The highest BCUT2D eigenvalue weighted by Gasteiger charge is 1.98. The quantitative estimate of drug-likeness (QED) is 0.661. The van der Waals surface area contributed by atoms with Crippen LogP contribution in [0.1, 0.15) is 12.5 Å². The maximum absolute atomic E-state index is 5.76. The second-order valence-electron chi connectivity index (χ2n) is 2.06. The lowest BCUT2D eigenvalue weighted by atomic mass is 10.1. The van der Waals surface area contributed by atoms with Gasteiger partial charge < -0.3 is 0 Å². The van der Waals surface area contributed by atoms with E-state index < -0.39 is 0 Å². The molecular formula is C9H7Cl2.